The van der Waals surface area contributed by atoms with Crippen LogP contribution in [0.2, 0.25) is 0 Å². The molecule has 27 heavy (non-hydrogen) atoms. The molecule has 0 radical (unpaired) electrons. The third-order valence-electron chi connectivity index (χ3n) is 4.55. The summed E-state index contributed by atoms with van der Waals surface area (Å²) in [5, 5.41) is 2.93. The van der Waals surface area contributed by atoms with Crippen molar-refractivity contribution in [2.24, 2.45) is 0 Å². The number of carbonyl (C=O) groups excluding carboxylic acids is 1. The number of amides is 1. The van der Waals surface area contributed by atoms with Crippen molar-refractivity contribution < 1.29 is 9.53 Å². The molecule has 1 N–H and O–H groups in total. The van der Waals surface area contributed by atoms with Gasteiger partial charge in [0.2, 0.25) is 0 Å². The van der Waals surface area contributed by atoms with E-state index in [-0.39, 0.29) is 12.5 Å². The quantitative estimate of drug-likeness (QED) is 0.661. The standard InChI is InChI=1S/C22H27N3O2/c1-4-13-25-19-8-6-5-7-18(19)24-21(25)11-12-23-22(26)15-27-20-14-16(2)9-10-17(20)3/h5-10,14H,4,11-13,15H2,1-3H3,(H,23,26). The molecule has 1 aromatic heterocycles. The molecule has 0 saturated heterocycles. The van der Waals surface area contributed by atoms with E-state index >= 15 is 0 Å². The summed E-state index contributed by atoms with van der Waals surface area (Å²) in [5.74, 6) is 1.65. The maximum atomic E-state index is 12.1. The number of benzene rings is 2. The first-order chi connectivity index (χ1) is 13.1. The number of rotatable bonds is 8. The van der Waals surface area contributed by atoms with Crippen LogP contribution in [0.3, 0.4) is 0 Å². The number of ether oxygens (including phenoxy) is 1. The highest BCUT2D eigenvalue weighted by atomic mass is 16.5. The van der Waals surface area contributed by atoms with Crippen molar-refractivity contribution in [1.29, 1.82) is 0 Å². The smallest absolute Gasteiger partial charge is 0.257 e. The Morgan fingerprint density at radius 1 is 1.19 bits per heavy atom. The van der Waals surface area contributed by atoms with E-state index < -0.39 is 0 Å². The molecule has 0 aliphatic rings. The molecular formula is C22H27N3O2. The highest BCUT2D eigenvalue weighted by Crippen LogP contribution is 2.19. The van der Waals surface area contributed by atoms with Crippen LogP contribution in [-0.4, -0.2) is 28.6 Å². The number of carbonyl (C=O) groups is 1. The molecule has 5 nitrogen and oxygen atoms in total. The molecule has 0 saturated carbocycles. The van der Waals surface area contributed by atoms with E-state index in [1.165, 1.54) is 0 Å². The Bertz CT molecular complexity index is 930. The molecule has 0 bridgehead atoms. The summed E-state index contributed by atoms with van der Waals surface area (Å²) in [4.78, 5) is 16.8. The average molecular weight is 365 g/mol. The summed E-state index contributed by atoms with van der Waals surface area (Å²) in [6.45, 7) is 7.64. The second kappa shape index (κ2) is 8.71. The van der Waals surface area contributed by atoms with Gasteiger partial charge < -0.3 is 14.6 Å². The topological polar surface area (TPSA) is 56.2 Å². The van der Waals surface area contributed by atoms with Crippen LogP contribution >= 0.6 is 0 Å². The van der Waals surface area contributed by atoms with Gasteiger partial charge >= 0.3 is 0 Å². The summed E-state index contributed by atoms with van der Waals surface area (Å²) in [5.41, 5.74) is 4.30. The number of imidazole rings is 1. The van der Waals surface area contributed by atoms with Gasteiger partial charge in [-0.2, -0.15) is 0 Å². The lowest BCUT2D eigenvalue weighted by Gasteiger charge is -2.11. The number of fused-ring (bicyclic) bond motifs is 1. The normalized spacial score (nSPS) is 10.9. The first-order valence-corrected chi connectivity index (χ1v) is 9.49. The number of nitrogens with one attached hydrogen (secondary N) is 1. The highest BCUT2D eigenvalue weighted by molar-refractivity contribution is 5.78. The molecule has 0 aliphatic heterocycles. The van der Waals surface area contributed by atoms with E-state index in [0.717, 1.165) is 46.7 Å². The number of aromatic nitrogens is 2. The van der Waals surface area contributed by atoms with Crippen molar-refractivity contribution in [3.63, 3.8) is 0 Å². The van der Waals surface area contributed by atoms with E-state index in [1.807, 2.05) is 50.2 Å². The zero-order valence-corrected chi connectivity index (χ0v) is 16.3. The summed E-state index contributed by atoms with van der Waals surface area (Å²) in [6, 6.07) is 14.1. The van der Waals surface area contributed by atoms with Crippen LogP contribution in [0.4, 0.5) is 0 Å². The zero-order valence-electron chi connectivity index (χ0n) is 16.3. The predicted molar refractivity (Wildman–Crippen MR) is 108 cm³/mol. The molecule has 5 heteroatoms. The van der Waals surface area contributed by atoms with E-state index in [0.29, 0.717) is 13.0 Å². The molecule has 142 valence electrons. The lowest BCUT2D eigenvalue weighted by Crippen LogP contribution is -2.31. The molecule has 0 unspecified atom stereocenters. The first-order valence-electron chi connectivity index (χ1n) is 9.49. The Hall–Kier alpha value is -2.82. The number of nitrogens with zero attached hydrogens (tertiary/aromatic N) is 2. The fraction of sp³-hybridized carbons (Fsp3) is 0.364. The van der Waals surface area contributed by atoms with Gasteiger partial charge in [0.1, 0.15) is 11.6 Å². The number of para-hydroxylation sites is 2. The van der Waals surface area contributed by atoms with Gasteiger partial charge in [0.15, 0.2) is 6.61 Å². The van der Waals surface area contributed by atoms with Crippen LogP contribution in [0.25, 0.3) is 11.0 Å². The minimum absolute atomic E-state index is 0.0235. The van der Waals surface area contributed by atoms with Gasteiger partial charge in [0, 0.05) is 19.5 Å². The fourth-order valence-corrected chi connectivity index (χ4v) is 3.16. The van der Waals surface area contributed by atoms with Crippen molar-refractivity contribution in [2.75, 3.05) is 13.2 Å². The van der Waals surface area contributed by atoms with Gasteiger partial charge in [-0.3, -0.25) is 4.79 Å². The largest absolute Gasteiger partial charge is 0.483 e. The van der Waals surface area contributed by atoms with Crippen LogP contribution in [-0.2, 0) is 17.8 Å². The van der Waals surface area contributed by atoms with Crippen molar-refractivity contribution in [3.8, 4) is 5.75 Å². The Morgan fingerprint density at radius 2 is 2.00 bits per heavy atom. The Morgan fingerprint density at radius 3 is 2.81 bits per heavy atom. The molecule has 0 aliphatic carbocycles. The highest BCUT2D eigenvalue weighted by Gasteiger charge is 2.10. The summed E-state index contributed by atoms with van der Waals surface area (Å²) < 4.78 is 7.90. The lowest BCUT2D eigenvalue weighted by molar-refractivity contribution is -0.123. The van der Waals surface area contributed by atoms with Gasteiger partial charge in [0.05, 0.1) is 11.0 Å². The van der Waals surface area contributed by atoms with Gasteiger partial charge in [0.25, 0.3) is 5.91 Å². The molecule has 1 amide bonds. The van der Waals surface area contributed by atoms with E-state index in [2.05, 4.69) is 22.9 Å². The van der Waals surface area contributed by atoms with Crippen molar-refractivity contribution >= 4 is 16.9 Å². The third-order valence-corrected chi connectivity index (χ3v) is 4.55. The SMILES string of the molecule is CCCn1c(CCNC(=O)COc2cc(C)ccc2C)nc2ccccc21. The number of hydrogen-bond acceptors (Lipinski definition) is 3. The molecule has 0 atom stereocenters. The second-order valence-corrected chi connectivity index (χ2v) is 6.83. The molecule has 3 aromatic rings. The molecule has 1 heterocycles. The lowest BCUT2D eigenvalue weighted by atomic mass is 10.1. The van der Waals surface area contributed by atoms with Crippen molar-refractivity contribution in [1.82, 2.24) is 14.9 Å². The van der Waals surface area contributed by atoms with Crippen LogP contribution in [0.5, 0.6) is 5.75 Å². The Labute approximate surface area is 160 Å². The van der Waals surface area contributed by atoms with Crippen molar-refractivity contribution in [3.05, 3.63) is 59.4 Å². The summed E-state index contributed by atoms with van der Waals surface area (Å²) in [6.07, 6.45) is 1.74. The minimum atomic E-state index is -0.117. The summed E-state index contributed by atoms with van der Waals surface area (Å²) >= 11 is 0. The van der Waals surface area contributed by atoms with Crippen molar-refractivity contribution in [2.45, 2.75) is 40.2 Å². The molecule has 3 rings (SSSR count). The van der Waals surface area contributed by atoms with Crippen LogP contribution in [0, 0.1) is 13.8 Å². The third kappa shape index (κ3) is 4.67. The maximum Gasteiger partial charge on any atom is 0.257 e. The predicted octanol–water partition coefficient (Wildman–Crippen LogP) is 3.80. The fourth-order valence-electron chi connectivity index (χ4n) is 3.16. The molecule has 2 aromatic carbocycles. The monoisotopic (exact) mass is 365 g/mol. The van der Waals surface area contributed by atoms with E-state index in [1.54, 1.807) is 0 Å². The number of aryl methyl sites for hydroxylation is 3. The van der Waals surface area contributed by atoms with Gasteiger partial charge in [-0.15, -0.1) is 0 Å². The number of hydrogen-bond donors (Lipinski definition) is 1. The Balaban J connectivity index is 1.55. The van der Waals surface area contributed by atoms with E-state index in [4.69, 9.17) is 9.72 Å². The maximum absolute atomic E-state index is 12.1. The van der Waals surface area contributed by atoms with Gasteiger partial charge in [-0.25, -0.2) is 4.98 Å². The van der Waals surface area contributed by atoms with E-state index in [9.17, 15) is 4.79 Å². The van der Waals surface area contributed by atoms with Gasteiger partial charge in [-0.1, -0.05) is 31.2 Å². The van der Waals surface area contributed by atoms with Gasteiger partial charge in [-0.05, 0) is 49.6 Å². The second-order valence-electron chi connectivity index (χ2n) is 6.83. The van der Waals surface area contributed by atoms with Crippen LogP contribution < -0.4 is 10.1 Å². The summed E-state index contributed by atoms with van der Waals surface area (Å²) in [7, 11) is 0. The zero-order chi connectivity index (χ0) is 19.2. The molecule has 0 fully saturated rings. The first kappa shape index (κ1) is 19.0. The van der Waals surface area contributed by atoms with Crippen LogP contribution in [0.15, 0.2) is 42.5 Å². The minimum Gasteiger partial charge on any atom is -0.483 e. The molecular weight excluding hydrogens is 338 g/mol. The average Bonchev–Trinajstić information content (AvgIpc) is 3.00. The van der Waals surface area contributed by atoms with Crippen LogP contribution in [0.1, 0.15) is 30.3 Å². The molecule has 0 spiro atoms. The Kier molecular flexibility index (Phi) is 6.12.